The van der Waals surface area contributed by atoms with Gasteiger partial charge in [-0.05, 0) is 43.7 Å². The summed E-state index contributed by atoms with van der Waals surface area (Å²) in [7, 11) is 6.37. The van der Waals surface area contributed by atoms with Gasteiger partial charge in [-0.25, -0.2) is 9.78 Å². The Morgan fingerprint density at radius 1 is 1.03 bits per heavy atom. The fraction of sp³-hybridized carbons (Fsp3) is 0.241. The van der Waals surface area contributed by atoms with Crippen molar-refractivity contribution in [2.75, 3.05) is 40.2 Å². The van der Waals surface area contributed by atoms with E-state index in [2.05, 4.69) is 5.32 Å². The summed E-state index contributed by atoms with van der Waals surface area (Å²) in [6.45, 7) is 3.52. The molecule has 1 N–H and O–H groups in total. The van der Waals surface area contributed by atoms with Crippen molar-refractivity contribution in [1.29, 1.82) is 0 Å². The summed E-state index contributed by atoms with van der Waals surface area (Å²) in [5.74, 6) is -0.182. The Morgan fingerprint density at radius 3 is 2.44 bits per heavy atom. The van der Waals surface area contributed by atoms with E-state index in [9.17, 15) is 14.4 Å². The van der Waals surface area contributed by atoms with Crippen LogP contribution in [0.1, 0.15) is 42.9 Å². The first-order chi connectivity index (χ1) is 18.7. The second-order valence-corrected chi connectivity index (χ2v) is 9.79. The monoisotopic (exact) mass is 547 g/mol. The van der Waals surface area contributed by atoms with Crippen LogP contribution in [-0.2, 0) is 4.74 Å². The summed E-state index contributed by atoms with van der Waals surface area (Å²) < 4.78 is 16.1. The molecule has 39 heavy (non-hydrogen) atoms. The number of fused-ring (bicyclic) bond motifs is 1. The number of carbonyl (C=O) groups excluding carboxylic acids is 3. The molecule has 4 rings (SSSR count). The molecule has 0 saturated carbocycles. The lowest BCUT2D eigenvalue weighted by Gasteiger charge is -2.13. The average Bonchev–Trinajstić information content (AvgIpc) is 3.26. The van der Waals surface area contributed by atoms with Gasteiger partial charge in [-0.1, -0.05) is 18.2 Å². The molecule has 0 aliphatic rings. The number of carbonyl (C=O) groups is 3. The van der Waals surface area contributed by atoms with E-state index < -0.39 is 11.9 Å². The summed E-state index contributed by atoms with van der Waals surface area (Å²) in [6, 6.07) is 14.3. The van der Waals surface area contributed by atoms with Crippen molar-refractivity contribution in [2.24, 2.45) is 0 Å². The molecule has 4 aromatic rings. The van der Waals surface area contributed by atoms with Crippen LogP contribution in [0.2, 0.25) is 0 Å². The highest BCUT2D eigenvalue weighted by Crippen LogP contribution is 2.37. The molecule has 2 heterocycles. The van der Waals surface area contributed by atoms with Gasteiger partial charge in [-0.15, -0.1) is 11.3 Å². The summed E-state index contributed by atoms with van der Waals surface area (Å²) in [6.07, 6.45) is 0. The summed E-state index contributed by atoms with van der Waals surface area (Å²) in [5.41, 5.74) is 2.77. The molecule has 0 bridgehead atoms. The molecular formula is C29H29N3O6S. The smallest absolute Gasteiger partial charge is 0.341 e. The fourth-order valence-corrected chi connectivity index (χ4v) is 5.35. The maximum Gasteiger partial charge on any atom is 0.341 e. The Bertz CT molecular complexity index is 1580. The molecular weight excluding hydrogens is 518 g/mol. The molecule has 0 spiro atoms. The molecule has 0 fully saturated rings. The number of nitrogens with one attached hydrogen (secondary N) is 1. The number of rotatable bonds is 8. The molecule has 2 amide bonds. The minimum Gasteiger partial charge on any atom is -0.497 e. The number of ether oxygens (including phenoxy) is 3. The van der Waals surface area contributed by atoms with Crippen molar-refractivity contribution in [3.63, 3.8) is 0 Å². The number of aromatic nitrogens is 1. The van der Waals surface area contributed by atoms with Gasteiger partial charge in [-0.3, -0.25) is 9.59 Å². The molecule has 10 heteroatoms. The standard InChI is InChI=1S/C29H29N3O6S/c1-7-38-29(35)24-16(2)25(28(34)32(3)4)39-27(24)31-26(33)20-15-22(30-21-11-9-8-10-18(20)21)19-13-12-17(36-5)14-23(19)37-6/h8-15H,7H2,1-6H3,(H,31,33). The number of esters is 1. The maximum absolute atomic E-state index is 13.8. The van der Waals surface area contributed by atoms with E-state index in [0.717, 1.165) is 11.3 Å². The first-order valence-corrected chi connectivity index (χ1v) is 13.0. The molecule has 2 aromatic carbocycles. The lowest BCUT2D eigenvalue weighted by molar-refractivity contribution is 0.0527. The number of nitrogens with zero attached hydrogens (tertiary/aromatic N) is 2. The first kappa shape index (κ1) is 27.6. The van der Waals surface area contributed by atoms with Crippen LogP contribution in [0, 0.1) is 6.92 Å². The van der Waals surface area contributed by atoms with Gasteiger partial charge in [-0.2, -0.15) is 0 Å². The van der Waals surface area contributed by atoms with E-state index >= 15 is 0 Å². The number of pyridine rings is 1. The van der Waals surface area contributed by atoms with Gasteiger partial charge in [0.15, 0.2) is 0 Å². The molecule has 0 atom stereocenters. The summed E-state index contributed by atoms with van der Waals surface area (Å²) in [4.78, 5) is 46.0. The third-order valence-corrected chi connectivity index (χ3v) is 7.29. The normalized spacial score (nSPS) is 10.7. The van der Waals surface area contributed by atoms with Gasteiger partial charge in [0.1, 0.15) is 16.5 Å². The number of hydrogen-bond donors (Lipinski definition) is 1. The van der Waals surface area contributed by atoms with Gasteiger partial charge in [0.05, 0.1) is 48.0 Å². The van der Waals surface area contributed by atoms with Crippen LogP contribution < -0.4 is 14.8 Å². The van der Waals surface area contributed by atoms with Crippen molar-refractivity contribution >= 4 is 45.0 Å². The molecule has 2 aromatic heterocycles. The minimum absolute atomic E-state index is 0.153. The predicted octanol–water partition coefficient (Wildman–Crippen LogP) is 5.42. The zero-order valence-electron chi connectivity index (χ0n) is 22.6. The SMILES string of the molecule is CCOC(=O)c1c(NC(=O)c2cc(-c3ccc(OC)cc3OC)nc3ccccc23)sc(C(=O)N(C)C)c1C. The second kappa shape index (κ2) is 11.5. The number of anilines is 1. The number of hydrogen-bond acceptors (Lipinski definition) is 8. The van der Waals surface area contributed by atoms with Crippen molar-refractivity contribution in [3.8, 4) is 22.8 Å². The van der Waals surface area contributed by atoms with E-state index in [0.29, 0.717) is 49.7 Å². The van der Waals surface area contributed by atoms with E-state index in [4.69, 9.17) is 19.2 Å². The number of amides is 2. The summed E-state index contributed by atoms with van der Waals surface area (Å²) >= 11 is 1.04. The second-order valence-electron chi connectivity index (χ2n) is 8.77. The molecule has 9 nitrogen and oxygen atoms in total. The maximum atomic E-state index is 13.8. The molecule has 0 aliphatic carbocycles. The average molecular weight is 548 g/mol. The highest BCUT2D eigenvalue weighted by molar-refractivity contribution is 7.18. The van der Waals surface area contributed by atoms with Gasteiger partial charge in [0, 0.05) is 31.1 Å². The quantitative estimate of drug-likeness (QED) is 0.294. The molecule has 0 saturated heterocycles. The molecule has 0 aliphatic heterocycles. The van der Waals surface area contributed by atoms with Crippen LogP contribution in [0.15, 0.2) is 48.5 Å². The number of para-hydroxylation sites is 1. The van der Waals surface area contributed by atoms with Crippen LogP contribution in [0.3, 0.4) is 0 Å². The van der Waals surface area contributed by atoms with E-state index in [1.165, 1.54) is 4.90 Å². The highest BCUT2D eigenvalue weighted by Gasteiger charge is 2.28. The predicted molar refractivity (Wildman–Crippen MR) is 151 cm³/mol. The fourth-order valence-electron chi connectivity index (χ4n) is 4.14. The van der Waals surface area contributed by atoms with Gasteiger partial charge in [0.2, 0.25) is 0 Å². The Labute approximate surface area is 230 Å². The zero-order chi connectivity index (χ0) is 28.3. The number of thiophene rings is 1. The first-order valence-electron chi connectivity index (χ1n) is 12.2. The summed E-state index contributed by atoms with van der Waals surface area (Å²) in [5, 5.41) is 3.74. The molecule has 0 unspecified atom stereocenters. The topological polar surface area (TPSA) is 107 Å². The van der Waals surface area contributed by atoms with Gasteiger partial charge >= 0.3 is 5.97 Å². The Hall–Kier alpha value is -4.44. The minimum atomic E-state index is -0.609. The van der Waals surface area contributed by atoms with Crippen LogP contribution in [0.25, 0.3) is 22.2 Å². The van der Waals surface area contributed by atoms with Crippen LogP contribution in [0.4, 0.5) is 5.00 Å². The van der Waals surface area contributed by atoms with Crippen molar-refractivity contribution < 1.29 is 28.6 Å². The molecule has 202 valence electrons. The Morgan fingerprint density at radius 2 is 1.77 bits per heavy atom. The number of methoxy groups -OCH3 is 2. The van der Waals surface area contributed by atoms with Crippen molar-refractivity contribution in [2.45, 2.75) is 13.8 Å². The Kier molecular flexibility index (Phi) is 8.15. The van der Waals surface area contributed by atoms with E-state index in [1.54, 1.807) is 66.4 Å². The third-order valence-electron chi connectivity index (χ3n) is 6.10. The zero-order valence-corrected chi connectivity index (χ0v) is 23.4. The van der Waals surface area contributed by atoms with E-state index in [-0.39, 0.29) is 23.1 Å². The number of benzene rings is 2. The molecule has 0 radical (unpaired) electrons. The van der Waals surface area contributed by atoms with Crippen LogP contribution >= 0.6 is 11.3 Å². The lowest BCUT2D eigenvalue weighted by Crippen LogP contribution is -2.21. The largest absolute Gasteiger partial charge is 0.497 e. The van der Waals surface area contributed by atoms with Crippen LogP contribution in [-0.4, -0.2) is 62.6 Å². The third kappa shape index (κ3) is 5.42. The van der Waals surface area contributed by atoms with Crippen molar-refractivity contribution in [1.82, 2.24) is 9.88 Å². The van der Waals surface area contributed by atoms with E-state index in [1.807, 2.05) is 24.3 Å². The highest BCUT2D eigenvalue weighted by atomic mass is 32.1. The van der Waals surface area contributed by atoms with Crippen LogP contribution in [0.5, 0.6) is 11.5 Å². The van der Waals surface area contributed by atoms with Crippen molar-refractivity contribution in [3.05, 3.63) is 70.1 Å². The van der Waals surface area contributed by atoms with Gasteiger partial charge < -0.3 is 24.4 Å². The van der Waals surface area contributed by atoms with Gasteiger partial charge in [0.25, 0.3) is 11.8 Å². The lowest BCUT2D eigenvalue weighted by atomic mass is 10.0. The Balaban J connectivity index is 1.84.